The molecule has 1 saturated carbocycles. The number of aliphatic hydroxyl groups is 4. The SMILES string of the molecule is F.OC1C2OC[C@@H](O)C1(O)[C@H]2O. The van der Waals surface area contributed by atoms with Gasteiger partial charge in [-0.25, -0.2) is 0 Å². The lowest BCUT2D eigenvalue weighted by Gasteiger charge is -2.58. The maximum absolute atomic E-state index is 9.42. The fourth-order valence-electron chi connectivity index (χ4n) is 1.67. The maximum Gasteiger partial charge on any atom is 0.149 e. The Kier molecular flexibility index (Phi) is 2.13. The van der Waals surface area contributed by atoms with Gasteiger partial charge in [0.1, 0.15) is 30.0 Å². The van der Waals surface area contributed by atoms with E-state index in [9.17, 15) is 5.11 Å². The van der Waals surface area contributed by atoms with Crippen molar-refractivity contribution in [3.05, 3.63) is 0 Å². The van der Waals surface area contributed by atoms with Crippen molar-refractivity contribution >= 4 is 0 Å². The molecule has 12 heavy (non-hydrogen) atoms. The Morgan fingerprint density at radius 1 is 1.17 bits per heavy atom. The third kappa shape index (κ3) is 0.785. The van der Waals surface area contributed by atoms with E-state index in [0.29, 0.717) is 0 Å². The fraction of sp³-hybridized carbons (Fsp3) is 1.00. The molecule has 5 atom stereocenters. The molecule has 1 aliphatic carbocycles. The van der Waals surface area contributed by atoms with E-state index in [4.69, 9.17) is 20.1 Å². The first-order chi connectivity index (χ1) is 5.08. The van der Waals surface area contributed by atoms with Crippen molar-refractivity contribution in [2.45, 2.75) is 30.0 Å². The van der Waals surface area contributed by atoms with Crippen molar-refractivity contribution in [2.24, 2.45) is 0 Å². The van der Waals surface area contributed by atoms with Crippen LogP contribution in [0.5, 0.6) is 0 Å². The van der Waals surface area contributed by atoms with Crippen LogP contribution in [0.2, 0.25) is 0 Å². The monoisotopic (exact) mass is 182 g/mol. The molecule has 2 bridgehead atoms. The first kappa shape index (κ1) is 9.82. The Morgan fingerprint density at radius 3 is 2.00 bits per heavy atom. The molecule has 2 saturated heterocycles. The van der Waals surface area contributed by atoms with Gasteiger partial charge in [-0.1, -0.05) is 0 Å². The van der Waals surface area contributed by atoms with Crippen molar-refractivity contribution in [2.75, 3.05) is 6.61 Å². The van der Waals surface area contributed by atoms with E-state index in [1.54, 1.807) is 0 Å². The molecule has 0 aromatic rings. The lowest BCUT2D eigenvalue weighted by atomic mass is 9.66. The van der Waals surface area contributed by atoms with Crippen molar-refractivity contribution in [3.63, 3.8) is 0 Å². The van der Waals surface area contributed by atoms with Gasteiger partial charge in [-0.05, 0) is 0 Å². The van der Waals surface area contributed by atoms with Gasteiger partial charge < -0.3 is 25.2 Å². The lowest BCUT2D eigenvalue weighted by molar-refractivity contribution is -0.367. The molecule has 5 nitrogen and oxygen atoms in total. The molecular weight excluding hydrogens is 171 g/mol. The van der Waals surface area contributed by atoms with Crippen LogP contribution in [0.25, 0.3) is 0 Å². The second-order valence-corrected chi connectivity index (χ2v) is 3.09. The molecule has 6 heteroatoms. The second kappa shape index (κ2) is 2.61. The predicted molar refractivity (Wildman–Crippen MR) is 35.2 cm³/mol. The average Bonchev–Trinajstić information content (AvgIpc) is 2.00. The predicted octanol–water partition coefficient (Wildman–Crippen LogP) is -2.63. The van der Waals surface area contributed by atoms with E-state index >= 15 is 0 Å². The van der Waals surface area contributed by atoms with E-state index in [0.717, 1.165) is 0 Å². The van der Waals surface area contributed by atoms with Gasteiger partial charge in [0.05, 0.1) is 6.61 Å². The molecule has 0 aromatic heterocycles. The van der Waals surface area contributed by atoms with Gasteiger partial charge in [0.25, 0.3) is 0 Å². The zero-order valence-electron chi connectivity index (χ0n) is 6.12. The van der Waals surface area contributed by atoms with Crippen molar-refractivity contribution in [1.82, 2.24) is 0 Å². The van der Waals surface area contributed by atoms with Crippen LogP contribution >= 0.6 is 0 Å². The zero-order valence-corrected chi connectivity index (χ0v) is 6.12. The first-order valence-electron chi connectivity index (χ1n) is 3.46. The fourth-order valence-corrected chi connectivity index (χ4v) is 1.67. The summed E-state index contributed by atoms with van der Waals surface area (Å²) in [4.78, 5) is 0. The van der Waals surface area contributed by atoms with E-state index in [1.807, 2.05) is 0 Å². The van der Waals surface area contributed by atoms with Gasteiger partial charge in [0.15, 0.2) is 0 Å². The third-order valence-electron chi connectivity index (χ3n) is 2.55. The number of halogens is 1. The molecule has 0 amide bonds. The summed E-state index contributed by atoms with van der Waals surface area (Å²) in [7, 11) is 0. The minimum Gasteiger partial charge on any atom is -0.387 e. The summed E-state index contributed by atoms with van der Waals surface area (Å²) >= 11 is 0. The van der Waals surface area contributed by atoms with Gasteiger partial charge in [0, 0.05) is 0 Å². The van der Waals surface area contributed by atoms with Crippen LogP contribution in [-0.4, -0.2) is 57.0 Å². The number of fused-ring (bicyclic) bond motifs is 2. The Labute approximate surface area is 67.6 Å². The minimum absolute atomic E-state index is 0. The van der Waals surface area contributed by atoms with Crippen molar-refractivity contribution in [3.8, 4) is 0 Å². The van der Waals surface area contributed by atoms with Gasteiger partial charge in [0.2, 0.25) is 0 Å². The molecule has 0 radical (unpaired) electrons. The summed E-state index contributed by atoms with van der Waals surface area (Å²) in [6, 6.07) is 0. The summed E-state index contributed by atoms with van der Waals surface area (Å²) in [5, 5.41) is 36.8. The lowest BCUT2D eigenvalue weighted by Crippen LogP contribution is -2.82. The summed E-state index contributed by atoms with van der Waals surface area (Å²) in [5.74, 6) is 0. The number of hydrogen-bond donors (Lipinski definition) is 4. The molecule has 0 aromatic carbocycles. The highest BCUT2D eigenvalue weighted by molar-refractivity contribution is 5.18. The Morgan fingerprint density at radius 2 is 1.67 bits per heavy atom. The van der Waals surface area contributed by atoms with Gasteiger partial charge >= 0.3 is 0 Å². The van der Waals surface area contributed by atoms with Crippen molar-refractivity contribution in [1.29, 1.82) is 0 Å². The molecule has 72 valence electrons. The molecule has 4 N–H and O–H groups in total. The Balaban J connectivity index is 0.000000720. The van der Waals surface area contributed by atoms with E-state index in [-0.39, 0.29) is 11.3 Å². The Hall–Kier alpha value is -0.270. The summed E-state index contributed by atoms with van der Waals surface area (Å²) in [6.45, 7) is -0.0325. The van der Waals surface area contributed by atoms with Crippen LogP contribution in [-0.2, 0) is 4.74 Å². The summed E-state index contributed by atoms with van der Waals surface area (Å²) < 4.78 is 4.84. The highest BCUT2D eigenvalue weighted by Gasteiger charge is 2.68. The molecule has 3 aliphatic rings. The second-order valence-electron chi connectivity index (χ2n) is 3.09. The van der Waals surface area contributed by atoms with Gasteiger partial charge in [-0.3, -0.25) is 4.70 Å². The first-order valence-corrected chi connectivity index (χ1v) is 3.46. The molecule has 2 heterocycles. The van der Waals surface area contributed by atoms with E-state index in [1.165, 1.54) is 0 Å². The largest absolute Gasteiger partial charge is 0.387 e. The van der Waals surface area contributed by atoms with Crippen molar-refractivity contribution < 1.29 is 29.9 Å². The standard InChI is InChI=1S/C6H10O5.FH/c7-2-1-11-3-4(8)6(2,10)5(3)9;/h2-5,7-10H,1H2;1H/t2-,3?,4+,5?,6?;/m1./s1. The number of rotatable bonds is 0. The highest BCUT2D eigenvalue weighted by Crippen LogP contribution is 2.42. The van der Waals surface area contributed by atoms with Gasteiger partial charge in [-0.15, -0.1) is 0 Å². The average molecular weight is 182 g/mol. The zero-order chi connectivity index (χ0) is 8.22. The minimum atomic E-state index is -1.76. The maximum atomic E-state index is 9.42. The molecule has 3 fully saturated rings. The number of hydrogen-bond acceptors (Lipinski definition) is 5. The molecule has 0 spiro atoms. The normalized spacial score (nSPS) is 57.0. The van der Waals surface area contributed by atoms with Crippen LogP contribution in [0.1, 0.15) is 0 Å². The van der Waals surface area contributed by atoms with Crippen LogP contribution in [0.4, 0.5) is 4.70 Å². The summed E-state index contributed by atoms with van der Waals surface area (Å²) in [6.07, 6.45) is -4.26. The van der Waals surface area contributed by atoms with Crippen LogP contribution in [0.3, 0.4) is 0 Å². The highest BCUT2D eigenvalue weighted by atomic mass is 19.0. The van der Waals surface area contributed by atoms with E-state index in [2.05, 4.69) is 0 Å². The third-order valence-corrected chi connectivity index (χ3v) is 2.55. The van der Waals surface area contributed by atoms with Crippen LogP contribution in [0.15, 0.2) is 0 Å². The topological polar surface area (TPSA) is 90.2 Å². The molecular formula is C6H11FO5. The van der Waals surface area contributed by atoms with Crippen LogP contribution in [0, 0.1) is 0 Å². The smallest absolute Gasteiger partial charge is 0.149 e. The van der Waals surface area contributed by atoms with Crippen LogP contribution < -0.4 is 0 Å². The number of ether oxygens (including phenoxy) is 1. The van der Waals surface area contributed by atoms with Gasteiger partial charge in [-0.2, -0.15) is 0 Å². The summed E-state index contributed by atoms with van der Waals surface area (Å²) in [5.41, 5.74) is -1.76. The Bertz CT molecular complexity index is 169. The molecule has 2 aliphatic heterocycles. The number of aliphatic hydroxyl groups excluding tert-OH is 3. The quantitative estimate of drug-likeness (QED) is 0.329. The van der Waals surface area contributed by atoms with E-state index < -0.39 is 30.0 Å². The molecule has 3 unspecified atom stereocenters. The molecule has 3 rings (SSSR count).